The number of hydrogen-bond acceptors (Lipinski definition) is 6. The number of pyridine rings is 1. The summed E-state index contributed by atoms with van der Waals surface area (Å²) in [6.45, 7) is 6.08. The molecule has 7 heteroatoms. The second-order valence-electron chi connectivity index (χ2n) is 5.42. The van der Waals surface area contributed by atoms with E-state index in [2.05, 4.69) is 9.97 Å². The smallest absolute Gasteiger partial charge is 0.423 e. The van der Waals surface area contributed by atoms with E-state index in [0.717, 1.165) is 0 Å². The van der Waals surface area contributed by atoms with E-state index in [1.54, 1.807) is 46.3 Å². The Morgan fingerprint density at radius 1 is 1.33 bits per heavy atom. The van der Waals surface area contributed by atoms with Gasteiger partial charge in [0, 0.05) is 13.3 Å². The highest BCUT2D eigenvalue weighted by molar-refractivity contribution is 5.88. The number of methoxy groups -OCH3 is 1. The molecular weight excluding hydrogens is 274 g/mol. The van der Waals surface area contributed by atoms with Crippen molar-refractivity contribution >= 4 is 17.1 Å². The highest BCUT2D eigenvalue weighted by atomic mass is 16.6. The van der Waals surface area contributed by atoms with Crippen molar-refractivity contribution < 1.29 is 19.0 Å². The first-order valence-electron chi connectivity index (χ1n) is 6.60. The molecule has 0 N–H and O–H groups in total. The molecule has 0 radical (unpaired) electrons. The summed E-state index contributed by atoms with van der Waals surface area (Å²) in [6, 6.07) is 1.88. The van der Waals surface area contributed by atoms with Crippen LogP contribution in [0.3, 0.4) is 0 Å². The third-order valence-corrected chi connectivity index (χ3v) is 2.52. The van der Waals surface area contributed by atoms with E-state index >= 15 is 0 Å². The van der Waals surface area contributed by atoms with Crippen LogP contribution in [0, 0.1) is 0 Å². The third kappa shape index (κ3) is 3.69. The molecule has 0 saturated carbocycles. The maximum absolute atomic E-state index is 12.4. The zero-order valence-corrected chi connectivity index (χ0v) is 12.6. The number of ether oxygens (including phenoxy) is 3. The van der Waals surface area contributed by atoms with Gasteiger partial charge in [0.15, 0.2) is 0 Å². The van der Waals surface area contributed by atoms with E-state index in [1.807, 2.05) is 0 Å². The van der Waals surface area contributed by atoms with Crippen LogP contribution in [0.1, 0.15) is 20.8 Å². The molecule has 0 fully saturated rings. The molecule has 2 aromatic rings. The quantitative estimate of drug-likeness (QED) is 0.805. The van der Waals surface area contributed by atoms with Crippen LogP contribution in [0.2, 0.25) is 0 Å². The number of aromatic nitrogens is 3. The number of rotatable bonds is 4. The minimum atomic E-state index is -0.611. The third-order valence-electron chi connectivity index (χ3n) is 2.52. The lowest BCUT2D eigenvalue weighted by Gasteiger charge is -2.20. The van der Waals surface area contributed by atoms with Crippen LogP contribution < -0.4 is 4.74 Å². The molecule has 0 spiro atoms. The van der Waals surface area contributed by atoms with E-state index in [1.165, 1.54) is 4.57 Å². The van der Waals surface area contributed by atoms with Gasteiger partial charge in [0.2, 0.25) is 0 Å². The molecule has 0 unspecified atom stereocenters. The van der Waals surface area contributed by atoms with Crippen LogP contribution in [0.4, 0.5) is 4.79 Å². The highest BCUT2D eigenvalue weighted by Gasteiger charge is 2.24. The van der Waals surface area contributed by atoms with E-state index in [0.29, 0.717) is 17.6 Å². The van der Waals surface area contributed by atoms with Crippen molar-refractivity contribution in [2.24, 2.45) is 0 Å². The Bertz CT molecular complexity index is 631. The second kappa shape index (κ2) is 6.09. The van der Waals surface area contributed by atoms with Crippen LogP contribution in [0.5, 0.6) is 6.01 Å². The molecule has 0 aliphatic rings. The van der Waals surface area contributed by atoms with Gasteiger partial charge in [-0.2, -0.15) is 9.55 Å². The minimum absolute atomic E-state index is 0.171. The van der Waals surface area contributed by atoms with Crippen LogP contribution in [-0.2, 0) is 9.47 Å². The average Bonchev–Trinajstić information content (AvgIpc) is 2.75. The van der Waals surface area contributed by atoms with Crippen LogP contribution in [-0.4, -0.2) is 46.6 Å². The molecule has 21 heavy (non-hydrogen) atoms. The zero-order valence-electron chi connectivity index (χ0n) is 12.6. The van der Waals surface area contributed by atoms with Crippen molar-refractivity contribution in [3.05, 3.63) is 18.5 Å². The number of fused-ring (bicyclic) bond motifs is 1. The fourth-order valence-corrected chi connectivity index (χ4v) is 1.70. The standard InChI is InChI=1S/C14H19N3O4/c1-14(2,3)21-13(18)17-11-9-15-6-5-10(11)16-12(17)20-8-7-19-4/h5-6,9H,7-8H2,1-4H3. The highest BCUT2D eigenvalue weighted by Crippen LogP contribution is 2.22. The van der Waals surface area contributed by atoms with Gasteiger partial charge in [-0.15, -0.1) is 0 Å². The van der Waals surface area contributed by atoms with Crippen LogP contribution in [0.15, 0.2) is 18.5 Å². The number of hydrogen-bond donors (Lipinski definition) is 0. The maximum atomic E-state index is 12.4. The molecule has 2 aromatic heterocycles. The monoisotopic (exact) mass is 293 g/mol. The molecule has 0 aromatic carbocycles. The van der Waals surface area contributed by atoms with E-state index in [-0.39, 0.29) is 12.6 Å². The van der Waals surface area contributed by atoms with Crippen LogP contribution >= 0.6 is 0 Å². The van der Waals surface area contributed by atoms with Gasteiger partial charge in [0.1, 0.15) is 17.7 Å². The Kier molecular flexibility index (Phi) is 4.42. The number of carbonyl (C=O) groups excluding carboxylic acids is 1. The molecule has 0 bridgehead atoms. The zero-order chi connectivity index (χ0) is 15.5. The van der Waals surface area contributed by atoms with Gasteiger partial charge in [-0.25, -0.2) is 4.79 Å². The first-order valence-corrected chi connectivity index (χ1v) is 6.60. The summed E-state index contributed by atoms with van der Waals surface area (Å²) in [7, 11) is 1.57. The summed E-state index contributed by atoms with van der Waals surface area (Å²) in [6.07, 6.45) is 2.61. The van der Waals surface area contributed by atoms with E-state index in [9.17, 15) is 4.79 Å². The van der Waals surface area contributed by atoms with Crippen molar-refractivity contribution in [2.45, 2.75) is 26.4 Å². The number of imidazole rings is 1. The largest absolute Gasteiger partial charge is 0.462 e. The SMILES string of the molecule is COCCOc1nc2ccncc2n1C(=O)OC(C)(C)C. The molecule has 2 heterocycles. The molecule has 0 amide bonds. The van der Waals surface area contributed by atoms with Gasteiger partial charge in [-0.3, -0.25) is 4.98 Å². The number of carbonyl (C=O) groups is 1. The predicted octanol–water partition coefficient (Wildman–Crippen LogP) is 2.24. The lowest BCUT2D eigenvalue weighted by atomic mass is 10.2. The summed E-state index contributed by atoms with van der Waals surface area (Å²) in [5, 5.41) is 0. The van der Waals surface area contributed by atoms with E-state index in [4.69, 9.17) is 14.2 Å². The lowest BCUT2D eigenvalue weighted by molar-refractivity contribution is 0.0519. The maximum Gasteiger partial charge on any atom is 0.423 e. The van der Waals surface area contributed by atoms with Gasteiger partial charge in [-0.1, -0.05) is 0 Å². The average molecular weight is 293 g/mol. The van der Waals surface area contributed by atoms with Crippen molar-refractivity contribution in [1.82, 2.24) is 14.5 Å². The normalized spacial score (nSPS) is 11.6. The molecule has 114 valence electrons. The molecule has 7 nitrogen and oxygen atoms in total. The molecule has 2 rings (SSSR count). The van der Waals surface area contributed by atoms with Crippen molar-refractivity contribution in [3.63, 3.8) is 0 Å². The van der Waals surface area contributed by atoms with Gasteiger partial charge in [0.05, 0.1) is 18.3 Å². The predicted molar refractivity (Wildman–Crippen MR) is 76.5 cm³/mol. The fraction of sp³-hybridized carbons (Fsp3) is 0.500. The van der Waals surface area contributed by atoms with Gasteiger partial charge in [0.25, 0.3) is 0 Å². The van der Waals surface area contributed by atoms with Crippen molar-refractivity contribution in [2.75, 3.05) is 20.3 Å². The topological polar surface area (TPSA) is 75.5 Å². The first-order chi connectivity index (χ1) is 9.92. The van der Waals surface area contributed by atoms with Crippen LogP contribution in [0.25, 0.3) is 11.0 Å². The second-order valence-corrected chi connectivity index (χ2v) is 5.42. The van der Waals surface area contributed by atoms with Crippen molar-refractivity contribution in [3.8, 4) is 6.01 Å². The summed E-state index contributed by atoms with van der Waals surface area (Å²) in [5.74, 6) is 0. The lowest BCUT2D eigenvalue weighted by Crippen LogP contribution is -2.27. The summed E-state index contributed by atoms with van der Waals surface area (Å²) in [4.78, 5) is 20.6. The van der Waals surface area contributed by atoms with Gasteiger partial charge in [-0.05, 0) is 26.8 Å². The Hall–Kier alpha value is -2.15. The summed E-state index contributed by atoms with van der Waals surface area (Å²) >= 11 is 0. The Morgan fingerprint density at radius 3 is 2.76 bits per heavy atom. The summed E-state index contributed by atoms with van der Waals surface area (Å²) in [5.41, 5.74) is 0.544. The first kappa shape index (κ1) is 15.2. The van der Waals surface area contributed by atoms with Gasteiger partial charge < -0.3 is 14.2 Å². The fourth-order valence-electron chi connectivity index (χ4n) is 1.70. The Labute approximate surface area is 122 Å². The van der Waals surface area contributed by atoms with Gasteiger partial charge >= 0.3 is 12.1 Å². The molecule has 0 saturated heterocycles. The molecule has 0 atom stereocenters. The molecular formula is C14H19N3O4. The van der Waals surface area contributed by atoms with E-state index < -0.39 is 11.7 Å². The summed E-state index contributed by atoms with van der Waals surface area (Å²) < 4.78 is 17.1. The van der Waals surface area contributed by atoms with Crippen molar-refractivity contribution in [1.29, 1.82) is 0 Å². The molecule has 0 aliphatic heterocycles. The number of nitrogens with zero attached hydrogens (tertiary/aromatic N) is 3. The minimum Gasteiger partial charge on any atom is -0.462 e. The molecule has 0 aliphatic carbocycles. The Morgan fingerprint density at radius 2 is 2.10 bits per heavy atom. The Balaban J connectivity index is 2.37.